The van der Waals surface area contributed by atoms with Crippen LogP contribution in [0.25, 0.3) is 0 Å². The molecule has 0 aliphatic carbocycles. The van der Waals surface area contributed by atoms with Crippen LogP contribution in [0.4, 0.5) is 0 Å². The molecule has 1 aliphatic rings. The molecule has 1 N–H and O–H groups in total. The number of ether oxygens (including phenoxy) is 2. The van der Waals surface area contributed by atoms with Gasteiger partial charge >= 0.3 is 0 Å². The van der Waals surface area contributed by atoms with Gasteiger partial charge in [0.2, 0.25) is 0 Å². The maximum atomic E-state index is 5.39. The summed E-state index contributed by atoms with van der Waals surface area (Å²) in [6, 6.07) is 17.3. The Labute approximate surface area is 150 Å². The number of rotatable bonds is 8. The van der Waals surface area contributed by atoms with Gasteiger partial charge in [-0.2, -0.15) is 0 Å². The summed E-state index contributed by atoms with van der Waals surface area (Å²) >= 11 is 0. The second-order valence-corrected chi connectivity index (χ2v) is 6.49. The Morgan fingerprint density at radius 2 is 1.68 bits per heavy atom. The quantitative estimate of drug-likeness (QED) is 0.796. The first kappa shape index (κ1) is 17.8. The van der Waals surface area contributed by atoms with Gasteiger partial charge in [0.1, 0.15) is 0 Å². The number of nitrogens with one attached hydrogen (secondary N) is 1. The molecule has 0 saturated carbocycles. The average Bonchev–Trinajstić information content (AvgIpc) is 3.20. The Bertz CT molecular complexity index is 654. The molecule has 0 aromatic heterocycles. The van der Waals surface area contributed by atoms with E-state index in [1.54, 1.807) is 14.2 Å². The summed E-state index contributed by atoms with van der Waals surface area (Å²) in [4.78, 5) is 2.59. The molecule has 1 atom stereocenters. The van der Waals surface area contributed by atoms with E-state index >= 15 is 0 Å². The third kappa shape index (κ3) is 4.53. The molecule has 4 nitrogen and oxygen atoms in total. The van der Waals surface area contributed by atoms with Crippen LogP contribution in [-0.2, 0) is 6.54 Å². The maximum absolute atomic E-state index is 5.39. The molecule has 25 heavy (non-hydrogen) atoms. The number of benzene rings is 2. The lowest BCUT2D eigenvalue weighted by Crippen LogP contribution is -2.34. The van der Waals surface area contributed by atoms with E-state index in [2.05, 4.69) is 46.6 Å². The van der Waals surface area contributed by atoms with Gasteiger partial charge < -0.3 is 14.8 Å². The van der Waals surface area contributed by atoms with Gasteiger partial charge in [-0.25, -0.2) is 0 Å². The monoisotopic (exact) mass is 340 g/mol. The van der Waals surface area contributed by atoms with E-state index in [0.29, 0.717) is 6.04 Å². The SMILES string of the molecule is COc1ccc(CNCC(c2ccccc2)N2CCCC2)cc1OC. The van der Waals surface area contributed by atoms with Crippen molar-refractivity contribution in [1.29, 1.82) is 0 Å². The highest BCUT2D eigenvalue weighted by molar-refractivity contribution is 5.42. The van der Waals surface area contributed by atoms with Gasteiger partial charge in [-0.05, 0) is 49.2 Å². The van der Waals surface area contributed by atoms with Crippen molar-refractivity contribution in [2.75, 3.05) is 33.9 Å². The Hall–Kier alpha value is -2.04. The fourth-order valence-corrected chi connectivity index (χ4v) is 3.53. The van der Waals surface area contributed by atoms with Crippen molar-refractivity contribution in [2.45, 2.75) is 25.4 Å². The second kappa shape index (κ2) is 8.88. The molecular formula is C21H28N2O2. The first-order chi connectivity index (χ1) is 12.3. The number of hydrogen-bond donors (Lipinski definition) is 1. The van der Waals surface area contributed by atoms with E-state index in [1.807, 2.05) is 12.1 Å². The average molecular weight is 340 g/mol. The van der Waals surface area contributed by atoms with Crippen LogP contribution in [0.5, 0.6) is 11.5 Å². The normalized spacial score (nSPS) is 15.9. The van der Waals surface area contributed by atoms with E-state index in [-0.39, 0.29) is 0 Å². The Morgan fingerprint density at radius 3 is 2.36 bits per heavy atom. The van der Waals surface area contributed by atoms with Crippen molar-refractivity contribution in [2.24, 2.45) is 0 Å². The predicted octanol–water partition coefficient (Wildman–Crippen LogP) is 3.63. The zero-order chi connectivity index (χ0) is 17.5. The largest absolute Gasteiger partial charge is 0.493 e. The zero-order valence-electron chi connectivity index (χ0n) is 15.2. The van der Waals surface area contributed by atoms with Gasteiger partial charge in [0.25, 0.3) is 0 Å². The molecular weight excluding hydrogens is 312 g/mol. The Morgan fingerprint density at radius 1 is 0.960 bits per heavy atom. The molecule has 2 aromatic carbocycles. The molecule has 1 unspecified atom stereocenters. The van der Waals surface area contributed by atoms with E-state index in [9.17, 15) is 0 Å². The van der Waals surface area contributed by atoms with Crippen LogP contribution < -0.4 is 14.8 Å². The summed E-state index contributed by atoms with van der Waals surface area (Å²) in [5.41, 5.74) is 2.59. The minimum Gasteiger partial charge on any atom is -0.493 e. The zero-order valence-corrected chi connectivity index (χ0v) is 15.2. The standard InChI is InChI=1S/C21H28N2O2/c1-24-20-11-10-17(14-21(20)25-2)15-22-16-19(23-12-6-7-13-23)18-8-4-3-5-9-18/h3-5,8-11,14,19,22H,6-7,12-13,15-16H2,1-2H3. The molecule has 1 fully saturated rings. The van der Waals surface area contributed by atoms with Gasteiger partial charge in [-0.1, -0.05) is 36.4 Å². The fraction of sp³-hybridized carbons (Fsp3) is 0.429. The van der Waals surface area contributed by atoms with Crippen molar-refractivity contribution in [3.63, 3.8) is 0 Å². The summed E-state index contributed by atoms with van der Waals surface area (Å²) in [6.07, 6.45) is 2.61. The van der Waals surface area contributed by atoms with Crippen molar-refractivity contribution in [3.8, 4) is 11.5 Å². The number of likely N-dealkylation sites (tertiary alicyclic amines) is 1. The minimum absolute atomic E-state index is 0.434. The van der Waals surface area contributed by atoms with Crippen LogP contribution in [-0.4, -0.2) is 38.8 Å². The van der Waals surface area contributed by atoms with Crippen LogP contribution in [0.15, 0.2) is 48.5 Å². The Balaban J connectivity index is 1.63. The highest BCUT2D eigenvalue weighted by Crippen LogP contribution is 2.28. The van der Waals surface area contributed by atoms with Crippen molar-refractivity contribution in [1.82, 2.24) is 10.2 Å². The molecule has 1 saturated heterocycles. The molecule has 1 heterocycles. The molecule has 0 amide bonds. The third-order valence-electron chi connectivity index (χ3n) is 4.88. The van der Waals surface area contributed by atoms with Crippen LogP contribution in [0.2, 0.25) is 0 Å². The van der Waals surface area contributed by atoms with Crippen LogP contribution in [0, 0.1) is 0 Å². The first-order valence-corrected chi connectivity index (χ1v) is 9.02. The van der Waals surface area contributed by atoms with Crippen LogP contribution in [0.3, 0.4) is 0 Å². The van der Waals surface area contributed by atoms with E-state index < -0.39 is 0 Å². The molecule has 2 aromatic rings. The van der Waals surface area contributed by atoms with Crippen LogP contribution in [0.1, 0.15) is 30.0 Å². The summed E-state index contributed by atoms with van der Waals surface area (Å²) < 4.78 is 10.7. The molecule has 0 bridgehead atoms. The van der Waals surface area contributed by atoms with Crippen molar-refractivity contribution in [3.05, 3.63) is 59.7 Å². The lowest BCUT2D eigenvalue weighted by Gasteiger charge is -2.28. The van der Waals surface area contributed by atoms with E-state index in [0.717, 1.165) is 24.6 Å². The van der Waals surface area contributed by atoms with Gasteiger partial charge in [0, 0.05) is 19.1 Å². The van der Waals surface area contributed by atoms with E-state index in [1.165, 1.54) is 37.1 Å². The summed E-state index contributed by atoms with van der Waals surface area (Å²) in [6.45, 7) is 4.14. The highest BCUT2D eigenvalue weighted by Gasteiger charge is 2.22. The summed E-state index contributed by atoms with van der Waals surface area (Å²) in [5, 5.41) is 3.63. The summed E-state index contributed by atoms with van der Waals surface area (Å²) in [5.74, 6) is 1.55. The second-order valence-electron chi connectivity index (χ2n) is 6.49. The van der Waals surface area contributed by atoms with E-state index in [4.69, 9.17) is 9.47 Å². The molecule has 134 valence electrons. The lowest BCUT2D eigenvalue weighted by atomic mass is 10.1. The maximum Gasteiger partial charge on any atom is 0.161 e. The minimum atomic E-state index is 0.434. The molecule has 0 radical (unpaired) electrons. The number of hydrogen-bond acceptors (Lipinski definition) is 4. The topological polar surface area (TPSA) is 33.7 Å². The van der Waals surface area contributed by atoms with Crippen LogP contribution >= 0.6 is 0 Å². The highest BCUT2D eigenvalue weighted by atomic mass is 16.5. The predicted molar refractivity (Wildman–Crippen MR) is 101 cm³/mol. The molecule has 3 rings (SSSR count). The van der Waals surface area contributed by atoms with Gasteiger partial charge in [-0.15, -0.1) is 0 Å². The smallest absolute Gasteiger partial charge is 0.161 e. The summed E-state index contributed by atoms with van der Waals surface area (Å²) in [7, 11) is 3.34. The number of nitrogens with zero attached hydrogens (tertiary/aromatic N) is 1. The molecule has 4 heteroatoms. The van der Waals surface area contributed by atoms with Gasteiger partial charge in [-0.3, -0.25) is 4.90 Å². The van der Waals surface area contributed by atoms with Crippen molar-refractivity contribution < 1.29 is 9.47 Å². The first-order valence-electron chi connectivity index (χ1n) is 9.02. The number of methoxy groups -OCH3 is 2. The molecule has 1 aliphatic heterocycles. The fourth-order valence-electron chi connectivity index (χ4n) is 3.53. The Kier molecular flexibility index (Phi) is 6.31. The van der Waals surface area contributed by atoms with Gasteiger partial charge in [0.05, 0.1) is 14.2 Å². The van der Waals surface area contributed by atoms with Gasteiger partial charge in [0.15, 0.2) is 11.5 Å². The molecule has 0 spiro atoms. The lowest BCUT2D eigenvalue weighted by molar-refractivity contribution is 0.238. The third-order valence-corrected chi connectivity index (χ3v) is 4.88. The van der Waals surface area contributed by atoms with Crippen molar-refractivity contribution >= 4 is 0 Å².